The van der Waals surface area contributed by atoms with Gasteiger partial charge in [-0.05, 0) is 30.3 Å². The van der Waals surface area contributed by atoms with E-state index in [-0.39, 0.29) is 5.56 Å². The van der Waals surface area contributed by atoms with Gasteiger partial charge in [-0.25, -0.2) is 9.18 Å². The number of rotatable bonds is 2. The van der Waals surface area contributed by atoms with E-state index in [1.165, 1.54) is 30.6 Å². The molecule has 0 aliphatic heterocycles. The normalized spacial score (nSPS) is 9.81. The number of hydrogen-bond acceptors (Lipinski definition) is 3. The maximum atomic E-state index is 12.8. The maximum Gasteiger partial charge on any atom is 0.343 e. The molecule has 0 aliphatic rings. The molecule has 3 nitrogen and oxygen atoms in total. The topological polar surface area (TPSA) is 39.2 Å². The van der Waals surface area contributed by atoms with E-state index in [0.717, 1.165) is 6.07 Å². The first-order valence-corrected chi connectivity index (χ1v) is 4.63. The molecule has 0 spiro atoms. The van der Waals surface area contributed by atoms with E-state index in [9.17, 15) is 9.18 Å². The molecule has 0 radical (unpaired) electrons. The lowest BCUT2D eigenvalue weighted by Gasteiger charge is -2.03. The third kappa shape index (κ3) is 2.42. The molecule has 1 aromatic carbocycles. The summed E-state index contributed by atoms with van der Waals surface area (Å²) in [5.41, 5.74) is 0.178. The van der Waals surface area contributed by atoms with E-state index in [4.69, 9.17) is 4.74 Å². The maximum absolute atomic E-state index is 12.8. The molecule has 0 aliphatic carbocycles. The summed E-state index contributed by atoms with van der Waals surface area (Å²) in [6, 6.07) is 8.45. The molecule has 0 saturated carbocycles. The van der Waals surface area contributed by atoms with Crippen LogP contribution >= 0.6 is 0 Å². The number of hydrogen-bond donors (Lipinski definition) is 0. The van der Waals surface area contributed by atoms with Crippen LogP contribution in [0, 0.1) is 5.82 Å². The van der Waals surface area contributed by atoms with Crippen molar-refractivity contribution < 1.29 is 13.9 Å². The van der Waals surface area contributed by atoms with Crippen LogP contribution in [0.2, 0.25) is 0 Å². The molecule has 0 atom stereocenters. The minimum Gasteiger partial charge on any atom is -0.423 e. The molecule has 1 heterocycles. The smallest absolute Gasteiger partial charge is 0.343 e. The third-order valence-electron chi connectivity index (χ3n) is 1.92. The second-order valence-electron chi connectivity index (χ2n) is 3.08. The molecule has 0 bridgehead atoms. The van der Waals surface area contributed by atoms with Gasteiger partial charge in [0.25, 0.3) is 0 Å². The zero-order chi connectivity index (χ0) is 11.4. The molecule has 16 heavy (non-hydrogen) atoms. The second kappa shape index (κ2) is 4.53. The van der Waals surface area contributed by atoms with Gasteiger partial charge in [-0.3, -0.25) is 4.98 Å². The molecule has 4 heteroatoms. The number of benzene rings is 1. The lowest BCUT2D eigenvalue weighted by molar-refractivity contribution is 0.0734. The lowest BCUT2D eigenvalue weighted by Crippen LogP contribution is -2.08. The van der Waals surface area contributed by atoms with Crippen LogP contribution in [0.3, 0.4) is 0 Å². The van der Waals surface area contributed by atoms with E-state index in [2.05, 4.69) is 4.98 Å². The summed E-state index contributed by atoms with van der Waals surface area (Å²) in [6.45, 7) is 0. The summed E-state index contributed by atoms with van der Waals surface area (Å²) in [4.78, 5) is 15.3. The number of nitrogens with zero attached hydrogens (tertiary/aromatic N) is 1. The van der Waals surface area contributed by atoms with Crippen molar-refractivity contribution in [1.29, 1.82) is 0 Å². The predicted octanol–water partition coefficient (Wildman–Crippen LogP) is 2.44. The fourth-order valence-corrected chi connectivity index (χ4v) is 1.19. The van der Waals surface area contributed by atoms with Crippen molar-refractivity contribution in [3.8, 4) is 5.75 Å². The van der Waals surface area contributed by atoms with E-state index in [1.54, 1.807) is 12.1 Å². The fourth-order valence-electron chi connectivity index (χ4n) is 1.19. The fraction of sp³-hybridized carbons (Fsp3) is 0. The second-order valence-corrected chi connectivity index (χ2v) is 3.08. The Balaban J connectivity index is 2.15. The van der Waals surface area contributed by atoms with Crippen LogP contribution in [-0.4, -0.2) is 11.0 Å². The molecule has 0 amide bonds. The van der Waals surface area contributed by atoms with Crippen LogP contribution in [0.15, 0.2) is 48.8 Å². The van der Waals surface area contributed by atoms with Gasteiger partial charge in [0.1, 0.15) is 11.6 Å². The van der Waals surface area contributed by atoms with Gasteiger partial charge in [0.15, 0.2) is 0 Å². The molecular formula is C12H8FNO2. The van der Waals surface area contributed by atoms with Gasteiger partial charge in [0.05, 0.1) is 5.56 Å². The van der Waals surface area contributed by atoms with Gasteiger partial charge in [0, 0.05) is 12.4 Å². The Bertz CT molecular complexity index is 499. The van der Waals surface area contributed by atoms with Crippen LogP contribution in [0.5, 0.6) is 5.75 Å². The average Bonchev–Trinajstić information content (AvgIpc) is 2.30. The summed E-state index contributed by atoms with van der Waals surface area (Å²) < 4.78 is 17.9. The summed E-state index contributed by atoms with van der Waals surface area (Å²) in [5.74, 6) is -0.681. The lowest BCUT2D eigenvalue weighted by atomic mass is 10.2. The summed E-state index contributed by atoms with van der Waals surface area (Å²) in [5, 5.41) is 0. The number of halogens is 1. The summed E-state index contributed by atoms with van der Waals surface area (Å²) >= 11 is 0. The monoisotopic (exact) mass is 217 g/mol. The predicted molar refractivity (Wildman–Crippen MR) is 55.6 cm³/mol. The van der Waals surface area contributed by atoms with Crippen LogP contribution in [0.25, 0.3) is 0 Å². The zero-order valence-corrected chi connectivity index (χ0v) is 8.26. The quantitative estimate of drug-likeness (QED) is 0.725. The van der Waals surface area contributed by atoms with E-state index in [1.807, 2.05) is 0 Å². The molecule has 2 aromatic rings. The summed E-state index contributed by atoms with van der Waals surface area (Å²) in [6.07, 6.45) is 3.02. The van der Waals surface area contributed by atoms with Crippen molar-refractivity contribution in [3.63, 3.8) is 0 Å². The van der Waals surface area contributed by atoms with Crippen molar-refractivity contribution in [2.24, 2.45) is 0 Å². The minimum atomic E-state index is -0.592. The van der Waals surface area contributed by atoms with E-state index >= 15 is 0 Å². The standard InChI is InChI=1S/C12H8FNO2/c13-10-3-1-2-9(8-10)12(15)16-11-4-6-14-7-5-11/h1-8H. The number of pyridine rings is 1. The van der Waals surface area contributed by atoms with Crippen molar-refractivity contribution in [1.82, 2.24) is 4.98 Å². The van der Waals surface area contributed by atoms with Crippen LogP contribution in [-0.2, 0) is 0 Å². The first kappa shape index (κ1) is 10.3. The van der Waals surface area contributed by atoms with Crippen LogP contribution in [0.4, 0.5) is 4.39 Å². The summed E-state index contributed by atoms with van der Waals surface area (Å²) in [7, 11) is 0. The molecule has 0 unspecified atom stereocenters. The molecular weight excluding hydrogens is 209 g/mol. The highest BCUT2D eigenvalue weighted by Crippen LogP contribution is 2.11. The average molecular weight is 217 g/mol. The van der Waals surface area contributed by atoms with Gasteiger partial charge in [-0.2, -0.15) is 0 Å². The first-order chi connectivity index (χ1) is 7.75. The molecule has 0 saturated heterocycles. The highest BCUT2D eigenvalue weighted by atomic mass is 19.1. The van der Waals surface area contributed by atoms with Crippen molar-refractivity contribution in [2.75, 3.05) is 0 Å². The minimum absolute atomic E-state index is 0.178. The SMILES string of the molecule is O=C(Oc1ccncc1)c1cccc(F)c1. The van der Waals surface area contributed by atoms with Gasteiger partial charge in [-0.1, -0.05) is 6.07 Å². The molecule has 2 rings (SSSR count). The highest BCUT2D eigenvalue weighted by Gasteiger charge is 2.08. The number of aromatic nitrogens is 1. The molecule has 80 valence electrons. The number of carbonyl (C=O) groups excluding carboxylic acids is 1. The highest BCUT2D eigenvalue weighted by molar-refractivity contribution is 5.90. The Kier molecular flexibility index (Phi) is 2.91. The molecule has 1 aromatic heterocycles. The Hall–Kier alpha value is -2.23. The van der Waals surface area contributed by atoms with Crippen LogP contribution < -0.4 is 4.74 Å². The Morgan fingerprint density at radius 2 is 1.94 bits per heavy atom. The number of esters is 1. The van der Waals surface area contributed by atoms with Gasteiger partial charge < -0.3 is 4.74 Å². The Morgan fingerprint density at radius 3 is 2.62 bits per heavy atom. The van der Waals surface area contributed by atoms with Gasteiger partial charge in [0.2, 0.25) is 0 Å². The molecule has 0 N–H and O–H groups in total. The number of carbonyl (C=O) groups is 1. The zero-order valence-electron chi connectivity index (χ0n) is 8.26. The van der Waals surface area contributed by atoms with Crippen molar-refractivity contribution >= 4 is 5.97 Å². The Morgan fingerprint density at radius 1 is 1.19 bits per heavy atom. The third-order valence-corrected chi connectivity index (χ3v) is 1.92. The van der Waals surface area contributed by atoms with E-state index in [0.29, 0.717) is 5.75 Å². The molecule has 0 fully saturated rings. The van der Waals surface area contributed by atoms with Crippen molar-refractivity contribution in [3.05, 3.63) is 60.2 Å². The van der Waals surface area contributed by atoms with Gasteiger partial charge in [-0.15, -0.1) is 0 Å². The first-order valence-electron chi connectivity index (χ1n) is 4.63. The van der Waals surface area contributed by atoms with Crippen LogP contribution in [0.1, 0.15) is 10.4 Å². The van der Waals surface area contributed by atoms with E-state index < -0.39 is 11.8 Å². The largest absolute Gasteiger partial charge is 0.423 e. The van der Waals surface area contributed by atoms with Crippen molar-refractivity contribution in [2.45, 2.75) is 0 Å². The Labute approximate surface area is 91.5 Å². The van der Waals surface area contributed by atoms with Gasteiger partial charge >= 0.3 is 5.97 Å². The number of ether oxygens (including phenoxy) is 1.